The maximum atomic E-state index is 13.7. The van der Waals surface area contributed by atoms with Gasteiger partial charge in [-0.25, -0.2) is 14.4 Å². The molecule has 4 heterocycles. The molecule has 3 atom stereocenters. The van der Waals surface area contributed by atoms with Crippen molar-refractivity contribution in [2.24, 2.45) is 5.73 Å². The third-order valence-electron chi connectivity index (χ3n) is 5.93. The lowest BCUT2D eigenvalue weighted by atomic mass is 10.0. The first-order valence-corrected chi connectivity index (χ1v) is 11.6. The number of fused-ring (bicyclic) bond motifs is 1. The van der Waals surface area contributed by atoms with Gasteiger partial charge in [0.2, 0.25) is 11.8 Å². The van der Waals surface area contributed by atoms with Crippen LogP contribution in [0.4, 0.5) is 17.6 Å². The number of carbonyl (C=O) groups excluding carboxylic acids is 2. The molecule has 0 saturated carbocycles. The normalized spacial score (nSPS) is 21.4. The zero-order valence-electron chi connectivity index (χ0n) is 18.4. The number of piperidine rings is 1. The predicted molar refractivity (Wildman–Crippen MR) is 121 cm³/mol. The Bertz CT molecular complexity index is 1070. The van der Waals surface area contributed by atoms with E-state index in [0.29, 0.717) is 5.56 Å². The van der Waals surface area contributed by atoms with Crippen LogP contribution in [0, 0.1) is 0 Å². The highest BCUT2D eigenvalue weighted by molar-refractivity contribution is 7.08. The van der Waals surface area contributed by atoms with E-state index in [1.54, 1.807) is 16.8 Å². The van der Waals surface area contributed by atoms with Gasteiger partial charge >= 0.3 is 6.18 Å². The number of hydrogen-bond acceptors (Lipinski definition) is 7. The second-order valence-electron chi connectivity index (χ2n) is 8.37. The van der Waals surface area contributed by atoms with Crippen LogP contribution in [-0.2, 0) is 28.7 Å². The first-order valence-electron chi connectivity index (χ1n) is 10.7. The number of alkyl halides is 4. The number of carbonyl (C=O) groups is 2. The maximum Gasteiger partial charge on any atom is 0.433 e. The highest BCUT2D eigenvalue weighted by atomic mass is 35.5. The summed E-state index contributed by atoms with van der Waals surface area (Å²) in [5.41, 5.74) is 5.55. The van der Waals surface area contributed by atoms with E-state index in [2.05, 4.69) is 9.97 Å². The molecule has 2 aromatic rings. The second kappa shape index (κ2) is 10.7. The van der Waals surface area contributed by atoms with Gasteiger partial charge in [-0.05, 0) is 24.3 Å². The van der Waals surface area contributed by atoms with Crippen LogP contribution in [0.3, 0.4) is 0 Å². The summed E-state index contributed by atoms with van der Waals surface area (Å²) < 4.78 is 54.8. The van der Waals surface area contributed by atoms with Crippen LogP contribution in [-0.4, -0.2) is 68.2 Å². The molecule has 4 rings (SSSR count). The van der Waals surface area contributed by atoms with Crippen LogP contribution in [0.2, 0.25) is 0 Å². The Morgan fingerprint density at radius 3 is 2.71 bits per heavy atom. The van der Waals surface area contributed by atoms with Gasteiger partial charge in [0.25, 0.3) is 0 Å². The summed E-state index contributed by atoms with van der Waals surface area (Å²) in [6, 6.07) is 0.741. The molecule has 0 aliphatic carbocycles. The van der Waals surface area contributed by atoms with Crippen LogP contribution in [0.5, 0.6) is 0 Å². The topological polar surface area (TPSA) is 113 Å². The minimum atomic E-state index is -4.66. The number of aliphatic hydroxyl groups excluding tert-OH is 1. The van der Waals surface area contributed by atoms with E-state index >= 15 is 0 Å². The number of thiophene rings is 1. The Labute approximate surface area is 208 Å². The van der Waals surface area contributed by atoms with Gasteiger partial charge in [0.05, 0.1) is 12.2 Å². The van der Waals surface area contributed by atoms with Gasteiger partial charge in [0.15, 0.2) is 17.7 Å². The minimum absolute atomic E-state index is 0. The zero-order chi connectivity index (χ0) is 24.6. The first-order chi connectivity index (χ1) is 16.0. The lowest BCUT2D eigenvalue weighted by molar-refractivity contribution is -0.155. The van der Waals surface area contributed by atoms with Gasteiger partial charge < -0.3 is 20.6 Å². The molecule has 1 saturated heterocycles. The number of aromatic nitrogens is 2. The number of nitrogens with two attached hydrogens (primary N) is 1. The van der Waals surface area contributed by atoms with E-state index in [1.807, 2.05) is 0 Å². The molecule has 14 heteroatoms. The summed E-state index contributed by atoms with van der Waals surface area (Å²) in [4.78, 5) is 35.2. The second-order valence-corrected chi connectivity index (χ2v) is 9.15. The van der Waals surface area contributed by atoms with Crippen molar-refractivity contribution >= 4 is 35.6 Å². The van der Waals surface area contributed by atoms with E-state index in [-0.39, 0.29) is 74.8 Å². The van der Waals surface area contributed by atoms with Crippen molar-refractivity contribution < 1.29 is 32.3 Å². The fraction of sp³-hybridized carbons (Fsp3) is 0.524. The summed E-state index contributed by atoms with van der Waals surface area (Å²) in [5.74, 6) is -0.941. The smallest absolute Gasteiger partial charge is 0.370 e. The quantitative estimate of drug-likeness (QED) is 0.567. The fourth-order valence-electron chi connectivity index (χ4n) is 4.18. The molecule has 2 unspecified atom stereocenters. The van der Waals surface area contributed by atoms with Crippen molar-refractivity contribution in [3.63, 3.8) is 0 Å². The molecule has 2 amide bonds. The summed E-state index contributed by atoms with van der Waals surface area (Å²) in [5, 5.41) is 13.3. The predicted octanol–water partition coefficient (Wildman–Crippen LogP) is 2.53. The summed E-state index contributed by atoms with van der Waals surface area (Å²) in [7, 11) is 0. The molecule has 8 nitrogen and oxygen atoms in total. The molecule has 3 N–H and O–H groups in total. The van der Waals surface area contributed by atoms with Crippen LogP contribution in [0.25, 0.3) is 11.4 Å². The molecule has 192 valence electrons. The summed E-state index contributed by atoms with van der Waals surface area (Å²) in [6.07, 6.45) is -8.29. The third kappa shape index (κ3) is 5.90. The Kier molecular flexibility index (Phi) is 8.35. The number of rotatable bonds is 5. The first kappa shape index (κ1) is 27.2. The summed E-state index contributed by atoms with van der Waals surface area (Å²) >= 11 is 1.30. The molecule has 35 heavy (non-hydrogen) atoms. The minimum Gasteiger partial charge on any atom is -0.370 e. The van der Waals surface area contributed by atoms with Crippen molar-refractivity contribution in [2.45, 2.75) is 56.8 Å². The highest BCUT2D eigenvalue weighted by Crippen LogP contribution is 2.35. The van der Waals surface area contributed by atoms with E-state index in [4.69, 9.17) is 5.73 Å². The van der Waals surface area contributed by atoms with Crippen molar-refractivity contribution in [1.82, 2.24) is 19.8 Å². The lowest BCUT2D eigenvalue weighted by Gasteiger charge is -2.36. The van der Waals surface area contributed by atoms with Crippen molar-refractivity contribution in [3.8, 4) is 11.4 Å². The molecule has 0 radical (unpaired) electrons. The van der Waals surface area contributed by atoms with E-state index in [9.17, 15) is 32.3 Å². The van der Waals surface area contributed by atoms with Gasteiger partial charge in [-0.3, -0.25) is 9.59 Å². The van der Waals surface area contributed by atoms with Crippen LogP contribution >= 0.6 is 23.7 Å². The van der Waals surface area contributed by atoms with Crippen molar-refractivity contribution in [1.29, 1.82) is 0 Å². The number of hydrogen-bond donors (Lipinski definition) is 2. The van der Waals surface area contributed by atoms with Crippen molar-refractivity contribution in [2.75, 3.05) is 13.1 Å². The average molecular weight is 538 g/mol. The number of aliphatic hydroxyl groups is 1. The summed E-state index contributed by atoms with van der Waals surface area (Å²) in [6.45, 7) is -0.318. The van der Waals surface area contributed by atoms with Gasteiger partial charge in [-0.2, -0.15) is 24.5 Å². The maximum absolute atomic E-state index is 13.7. The molecule has 0 spiro atoms. The van der Waals surface area contributed by atoms with Gasteiger partial charge in [-0.15, -0.1) is 12.4 Å². The number of amides is 2. The molecule has 0 aromatic carbocycles. The van der Waals surface area contributed by atoms with Crippen LogP contribution in [0.15, 0.2) is 16.8 Å². The zero-order valence-corrected chi connectivity index (χ0v) is 20.0. The van der Waals surface area contributed by atoms with Crippen LogP contribution in [0.1, 0.15) is 36.2 Å². The Morgan fingerprint density at radius 1 is 1.31 bits per heavy atom. The van der Waals surface area contributed by atoms with Gasteiger partial charge in [-0.1, -0.05) is 0 Å². The molecule has 1 fully saturated rings. The molecule has 2 aliphatic heterocycles. The molecular formula is C21H24ClF4N5O3S. The van der Waals surface area contributed by atoms with E-state index < -0.39 is 42.1 Å². The van der Waals surface area contributed by atoms with Gasteiger partial charge in [0, 0.05) is 48.5 Å². The Balaban J connectivity index is 0.00000342. The van der Waals surface area contributed by atoms with Gasteiger partial charge in [0.1, 0.15) is 6.17 Å². The Hall–Kier alpha value is -2.35. The molecule has 0 bridgehead atoms. The van der Waals surface area contributed by atoms with E-state index in [1.165, 1.54) is 16.2 Å². The third-order valence-corrected chi connectivity index (χ3v) is 6.61. The van der Waals surface area contributed by atoms with Crippen LogP contribution < -0.4 is 5.73 Å². The number of halogens is 5. The number of nitrogens with zero attached hydrogens (tertiary/aromatic N) is 4. The highest BCUT2D eigenvalue weighted by Gasteiger charge is 2.40. The Morgan fingerprint density at radius 2 is 2.06 bits per heavy atom. The average Bonchev–Trinajstić information content (AvgIpc) is 3.32. The largest absolute Gasteiger partial charge is 0.433 e. The monoisotopic (exact) mass is 537 g/mol. The standard InChI is InChI=1S/C21H23F4N5O3S.ClH/c22-14-1-2-16(31)30(20(14)33)8-12(26)7-17(32)29-5-3-13-15(9-29)27-19(11-4-6-34-10-11)28-18(13)21(23,24)25;/h4,6,10,12,14,20,33H,1-3,5,7-9,26H2;1H/t12-,14?,20?;/m0./s1. The lowest BCUT2D eigenvalue weighted by Crippen LogP contribution is -2.54. The fourth-order valence-corrected chi connectivity index (χ4v) is 4.81. The SMILES string of the molecule is Cl.N[C@@H](CC(=O)N1CCc2c(nc(-c3ccsc3)nc2C(F)(F)F)C1)CN1C(=O)CCC(F)C1O. The van der Waals surface area contributed by atoms with E-state index in [0.717, 1.165) is 4.90 Å². The molecular weight excluding hydrogens is 514 g/mol. The molecule has 2 aromatic heterocycles. The van der Waals surface area contributed by atoms with Crippen molar-refractivity contribution in [3.05, 3.63) is 33.8 Å². The number of likely N-dealkylation sites (tertiary alicyclic amines) is 1. The molecule has 2 aliphatic rings.